The minimum Gasteiger partial charge on any atom is -0.388 e. The molecule has 3 aliphatic rings. The molecule has 268 valence electrons. The number of halogens is 5. The highest BCUT2D eigenvalue weighted by molar-refractivity contribution is 5.86. The first-order chi connectivity index (χ1) is 18.3. The molecule has 0 aromatic heterocycles. The van der Waals surface area contributed by atoms with Gasteiger partial charge in [0.15, 0.2) is 12.6 Å². The van der Waals surface area contributed by atoms with Gasteiger partial charge in [-0.3, -0.25) is 4.79 Å². The van der Waals surface area contributed by atoms with Crippen molar-refractivity contribution >= 4 is 67.9 Å². The summed E-state index contributed by atoms with van der Waals surface area (Å²) in [4.78, 5) is 12.4. The topological polar surface area (TPSA) is 318 Å². The van der Waals surface area contributed by atoms with Crippen molar-refractivity contribution < 1.29 is 54.4 Å². The van der Waals surface area contributed by atoms with Gasteiger partial charge in [0.2, 0.25) is 5.91 Å². The van der Waals surface area contributed by atoms with Crippen LogP contribution in [-0.2, 0) is 23.7 Å². The van der Waals surface area contributed by atoms with Gasteiger partial charge in [-0.05, 0) is 26.3 Å². The van der Waals surface area contributed by atoms with Crippen LogP contribution in [0.25, 0.3) is 0 Å². The van der Waals surface area contributed by atoms with E-state index in [1.807, 2.05) is 0 Å². The first-order valence-corrected chi connectivity index (χ1v) is 13.0. The molecule has 2 saturated heterocycles. The predicted molar refractivity (Wildman–Crippen MR) is 168 cm³/mol. The zero-order valence-corrected chi connectivity index (χ0v) is 27.8. The third-order valence-corrected chi connectivity index (χ3v) is 7.57. The Kier molecular flexibility index (Phi) is 23.6. The molecule has 0 aromatic rings. The van der Waals surface area contributed by atoms with Crippen LogP contribution in [0.5, 0.6) is 0 Å². The number of aliphatic hydroxyl groups excluding tert-OH is 6. The molecule has 16 atom stereocenters. The standard InChI is InChI=1S/C22H44N6O11.5ClH/c1-6-11(26)15(32)17(34)22(36-6)39-19-13(30)8(28-20(35)9(29)2-3-23)4-7(25)18(19)38-21-12(27)16(33)14(31)10(5-24)37-21;;;;;/h6-19,21-22,29-34H,2-5,23-27H2,1H3,(H,28,35);5*1H/t6-,7-,8+,9+,10+,11-,12+,13-,14+,15+,16+,17-,18-,19+,21+,22+;;;;;/m0...../s1. The zero-order valence-electron chi connectivity index (χ0n) is 23.7. The third-order valence-electron chi connectivity index (χ3n) is 7.57. The number of amides is 1. The van der Waals surface area contributed by atoms with Gasteiger partial charge in [0.25, 0.3) is 0 Å². The molecular weight excluding hydrogens is 702 g/mol. The quantitative estimate of drug-likeness (QED) is 0.105. The molecule has 17 N–H and O–H groups in total. The fourth-order valence-corrected chi connectivity index (χ4v) is 5.02. The number of ether oxygens (including phenoxy) is 4. The molecule has 0 unspecified atom stereocenters. The van der Waals surface area contributed by atoms with Crippen molar-refractivity contribution in [1.82, 2.24) is 5.32 Å². The monoisotopic (exact) mass is 748 g/mol. The SMILES string of the molecule is C[C@@H]1O[C@H](O[C@@H]2[C@@H](O)[C@H](NC(=O)[C@H](O)CCN)C[C@H](N)[C@@H]2O[C@H]2O[C@H](CN)[C@@H](O)[C@H](O)[C@H]2N)[C@@H](O)[C@H](O)[C@H]1N.Cl.Cl.Cl.Cl.Cl. The van der Waals surface area contributed by atoms with E-state index in [4.69, 9.17) is 47.6 Å². The highest BCUT2D eigenvalue weighted by Gasteiger charge is 2.52. The van der Waals surface area contributed by atoms with Gasteiger partial charge in [-0.1, -0.05) is 0 Å². The second kappa shape index (κ2) is 21.3. The summed E-state index contributed by atoms with van der Waals surface area (Å²) in [6.07, 6.45) is -16.2. The Morgan fingerprint density at radius 1 is 0.818 bits per heavy atom. The number of nitrogens with two attached hydrogens (primary N) is 5. The molecule has 22 heteroatoms. The number of hydrogen-bond donors (Lipinski definition) is 12. The molecule has 1 saturated carbocycles. The van der Waals surface area contributed by atoms with Crippen LogP contribution in [0.2, 0.25) is 0 Å². The van der Waals surface area contributed by atoms with Crippen LogP contribution in [0.3, 0.4) is 0 Å². The molecule has 0 spiro atoms. The van der Waals surface area contributed by atoms with Gasteiger partial charge in [-0.2, -0.15) is 0 Å². The van der Waals surface area contributed by atoms with E-state index < -0.39 is 104 Å². The number of rotatable bonds is 9. The van der Waals surface area contributed by atoms with Crippen LogP contribution in [-0.4, -0.2) is 147 Å². The first kappa shape index (κ1) is 48.7. The van der Waals surface area contributed by atoms with Gasteiger partial charge in [-0.15, -0.1) is 62.0 Å². The number of nitrogens with one attached hydrogen (secondary N) is 1. The fraction of sp³-hybridized carbons (Fsp3) is 0.955. The van der Waals surface area contributed by atoms with E-state index in [1.54, 1.807) is 6.92 Å². The maximum Gasteiger partial charge on any atom is 0.249 e. The van der Waals surface area contributed by atoms with Crippen LogP contribution in [0.4, 0.5) is 0 Å². The Morgan fingerprint density at radius 2 is 1.36 bits per heavy atom. The summed E-state index contributed by atoms with van der Waals surface area (Å²) in [5.41, 5.74) is 29.3. The molecule has 3 fully saturated rings. The van der Waals surface area contributed by atoms with Crippen molar-refractivity contribution in [3.63, 3.8) is 0 Å². The van der Waals surface area contributed by atoms with Crippen LogP contribution in [0.15, 0.2) is 0 Å². The van der Waals surface area contributed by atoms with Crippen molar-refractivity contribution in [2.24, 2.45) is 28.7 Å². The van der Waals surface area contributed by atoms with Crippen molar-refractivity contribution in [3.05, 3.63) is 0 Å². The average Bonchev–Trinajstić information content (AvgIpc) is 2.90. The van der Waals surface area contributed by atoms with Gasteiger partial charge in [0.05, 0.1) is 24.2 Å². The fourth-order valence-electron chi connectivity index (χ4n) is 5.02. The average molecular weight is 751 g/mol. The lowest BCUT2D eigenvalue weighted by Crippen LogP contribution is -2.70. The van der Waals surface area contributed by atoms with E-state index in [1.165, 1.54) is 0 Å². The first-order valence-electron chi connectivity index (χ1n) is 13.0. The Labute approximate surface area is 286 Å². The Bertz CT molecular complexity index is 824. The minimum absolute atomic E-state index is 0. The van der Waals surface area contributed by atoms with Crippen molar-refractivity contribution in [2.75, 3.05) is 13.1 Å². The molecular formula is C22H49Cl5N6O11. The highest BCUT2D eigenvalue weighted by atomic mass is 35.5. The zero-order chi connectivity index (χ0) is 29.2. The molecule has 0 bridgehead atoms. The normalized spacial score (nSPS) is 42.5. The number of aliphatic hydroxyl groups is 6. The van der Waals surface area contributed by atoms with Gasteiger partial charge in [-0.25, -0.2) is 0 Å². The van der Waals surface area contributed by atoms with Gasteiger partial charge in [0, 0.05) is 12.6 Å². The molecule has 1 aliphatic carbocycles. The molecule has 2 aliphatic heterocycles. The highest BCUT2D eigenvalue weighted by Crippen LogP contribution is 2.32. The molecule has 1 amide bonds. The molecule has 3 rings (SSSR count). The van der Waals surface area contributed by atoms with Crippen molar-refractivity contribution in [2.45, 2.75) is 118 Å². The Morgan fingerprint density at radius 3 is 1.91 bits per heavy atom. The Hall–Kier alpha value is 0.320. The van der Waals surface area contributed by atoms with E-state index in [2.05, 4.69) is 5.32 Å². The molecule has 2 heterocycles. The van der Waals surface area contributed by atoms with E-state index in [0.29, 0.717) is 0 Å². The summed E-state index contributed by atoms with van der Waals surface area (Å²) in [6.45, 7) is 1.44. The summed E-state index contributed by atoms with van der Waals surface area (Å²) < 4.78 is 23.2. The molecule has 0 radical (unpaired) electrons. The van der Waals surface area contributed by atoms with Crippen LogP contribution >= 0.6 is 62.0 Å². The predicted octanol–water partition coefficient (Wildman–Crippen LogP) is -5.32. The lowest BCUT2D eigenvalue weighted by molar-refractivity contribution is -0.329. The molecule has 0 aromatic carbocycles. The number of carbonyl (C=O) groups excluding carboxylic acids is 1. The lowest BCUT2D eigenvalue weighted by Gasteiger charge is -2.49. The second-order valence-electron chi connectivity index (χ2n) is 10.4. The van der Waals surface area contributed by atoms with Gasteiger partial charge < -0.3 is 83.6 Å². The summed E-state index contributed by atoms with van der Waals surface area (Å²) in [7, 11) is 0. The van der Waals surface area contributed by atoms with Crippen LogP contribution in [0.1, 0.15) is 19.8 Å². The van der Waals surface area contributed by atoms with Crippen molar-refractivity contribution in [1.29, 1.82) is 0 Å². The maximum absolute atomic E-state index is 12.4. The summed E-state index contributed by atoms with van der Waals surface area (Å²) in [5.74, 6) is -0.792. The smallest absolute Gasteiger partial charge is 0.249 e. The van der Waals surface area contributed by atoms with Crippen LogP contribution < -0.4 is 34.0 Å². The molecule has 17 nitrogen and oxygen atoms in total. The van der Waals surface area contributed by atoms with Crippen molar-refractivity contribution in [3.8, 4) is 0 Å². The third kappa shape index (κ3) is 10.9. The van der Waals surface area contributed by atoms with Gasteiger partial charge >= 0.3 is 0 Å². The van der Waals surface area contributed by atoms with E-state index in [-0.39, 0.29) is 88.0 Å². The largest absolute Gasteiger partial charge is 0.388 e. The summed E-state index contributed by atoms with van der Waals surface area (Å²) in [6, 6.07) is -4.17. The van der Waals surface area contributed by atoms with E-state index in [0.717, 1.165) is 0 Å². The number of carbonyl (C=O) groups is 1. The Balaban J connectivity index is -0.00000336. The number of hydrogen-bond acceptors (Lipinski definition) is 16. The summed E-state index contributed by atoms with van der Waals surface area (Å²) in [5, 5.41) is 65.2. The second-order valence-corrected chi connectivity index (χ2v) is 10.4. The van der Waals surface area contributed by atoms with Crippen LogP contribution in [0, 0.1) is 0 Å². The minimum atomic E-state index is -1.62. The lowest BCUT2D eigenvalue weighted by atomic mass is 9.83. The maximum atomic E-state index is 12.4. The van der Waals surface area contributed by atoms with E-state index >= 15 is 0 Å². The van der Waals surface area contributed by atoms with Gasteiger partial charge in [0.1, 0.15) is 54.9 Å². The van der Waals surface area contributed by atoms with E-state index in [9.17, 15) is 35.4 Å². The summed E-state index contributed by atoms with van der Waals surface area (Å²) >= 11 is 0. The molecule has 44 heavy (non-hydrogen) atoms.